The quantitative estimate of drug-likeness (QED) is 0.252. The van der Waals surface area contributed by atoms with E-state index in [4.69, 9.17) is 0 Å². The van der Waals surface area contributed by atoms with E-state index in [1.165, 1.54) is 23.5 Å². The van der Waals surface area contributed by atoms with E-state index in [-0.39, 0.29) is 28.4 Å². The maximum absolute atomic E-state index is 13.6. The second kappa shape index (κ2) is 8.85. The zero-order valence-electron chi connectivity index (χ0n) is 18.4. The first-order valence-corrected chi connectivity index (χ1v) is 11.6. The van der Waals surface area contributed by atoms with Crippen molar-refractivity contribution in [3.63, 3.8) is 0 Å². The fourth-order valence-corrected chi connectivity index (χ4v) is 5.92. The minimum absolute atomic E-state index is 0. The molecule has 0 aliphatic heterocycles. The fourth-order valence-electron chi connectivity index (χ4n) is 3.83. The Kier molecular flexibility index (Phi) is 6.26. The first-order chi connectivity index (χ1) is 15.3. The van der Waals surface area contributed by atoms with E-state index in [1.54, 1.807) is 35.2 Å². The lowest BCUT2D eigenvalue weighted by molar-refractivity contribution is -0.642. The lowest BCUT2D eigenvalue weighted by atomic mass is 10.3. The summed E-state index contributed by atoms with van der Waals surface area (Å²) in [4.78, 5) is 17.5. The topological polar surface area (TPSA) is 48.1 Å². The van der Waals surface area contributed by atoms with Gasteiger partial charge in [-0.1, -0.05) is 23.5 Å². The summed E-state index contributed by atoms with van der Waals surface area (Å²) in [5.74, 6) is -0.263. The molecular formula is C23H21BrFN5OS2. The molecule has 0 radical (unpaired) electrons. The summed E-state index contributed by atoms with van der Waals surface area (Å²) in [7, 11) is 7.58. The normalized spacial score (nSPS) is 12.6. The van der Waals surface area contributed by atoms with E-state index in [0.717, 1.165) is 36.5 Å². The highest BCUT2D eigenvalue weighted by Gasteiger charge is 2.16. The minimum atomic E-state index is -0.263. The van der Waals surface area contributed by atoms with Gasteiger partial charge in [-0.05, 0) is 24.3 Å². The van der Waals surface area contributed by atoms with Crippen LogP contribution in [0.15, 0.2) is 52.3 Å². The molecule has 170 valence electrons. The molecule has 3 aromatic heterocycles. The second-order valence-electron chi connectivity index (χ2n) is 7.59. The predicted octanol–water partition coefficient (Wildman–Crippen LogP) is -1.37. The second-order valence-corrected chi connectivity index (χ2v) is 9.71. The summed E-state index contributed by atoms with van der Waals surface area (Å²) in [5, 5.41) is 0.936. The Labute approximate surface area is 206 Å². The van der Waals surface area contributed by atoms with Gasteiger partial charge in [-0.15, -0.1) is 11.3 Å². The van der Waals surface area contributed by atoms with Gasteiger partial charge >= 0.3 is 0 Å². The Bertz CT molecular complexity index is 1730. The Morgan fingerprint density at radius 2 is 1.67 bits per heavy atom. The first kappa shape index (κ1) is 23.3. The van der Waals surface area contributed by atoms with E-state index in [2.05, 4.69) is 4.99 Å². The van der Waals surface area contributed by atoms with E-state index in [0.29, 0.717) is 4.53 Å². The third-order valence-corrected chi connectivity index (χ3v) is 7.90. The molecule has 0 saturated heterocycles. The lowest BCUT2D eigenvalue weighted by Gasteiger charge is -1.92. The summed E-state index contributed by atoms with van der Waals surface area (Å²) < 4.78 is 23.6. The summed E-state index contributed by atoms with van der Waals surface area (Å²) in [6, 6.07) is 12.8. The summed E-state index contributed by atoms with van der Waals surface area (Å²) >= 11 is 2.95. The van der Waals surface area contributed by atoms with Crippen molar-refractivity contribution in [1.82, 2.24) is 13.7 Å². The standard InChI is InChI=1S/C23H21FN5OS2.BrH/c1-26-17-11-14(24)9-10-18(17)31-20(26)12-21-29(4)22(30)19(32-21)13-25-23-27(2)15-7-5-6-8-16(15)28(23)3;/h5-13H,1-4H3;1H/q+1;/p-1/b19-13-;. The fraction of sp³-hybridized carbons (Fsp3) is 0.174. The van der Waals surface area contributed by atoms with Crippen LogP contribution in [0.4, 0.5) is 4.39 Å². The van der Waals surface area contributed by atoms with Crippen LogP contribution in [0.5, 0.6) is 0 Å². The van der Waals surface area contributed by atoms with Crippen molar-refractivity contribution in [2.24, 2.45) is 33.2 Å². The van der Waals surface area contributed by atoms with Crippen LogP contribution in [0.25, 0.3) is 33.5 Å². The molecule has 3 heterocycles. The van der Waals surface area contributed by atoms with Gasteiger partial charge in [-0.2, -0.15) is 4.57 Å². The zero-order chi connectivity index (χ0) is 22.6. The van der Waals surface area contributed by atoms with E-state index in [9.17, 15) is 9.18 Å². The molecule has 5 rings (SSSR count). The van der Waals surface area contributed by atoms with Crippen LogP contribution in [-0.4, -0.2) is 13.7 Å². The number of benzene rings is 2. The van der Waals surface area contributed by atoms with Crippen LogP contribution in [0.3, 0.4) is 0 Å². The Morgan fingerprint density at radius 3 is 2.33 bits per heavy atom. The molecule has 0 fully saturated rings. The molecule has 0 atom stereocenters. The predicted molar refractivity (Wildman–Crippen MR) is 127 cm³/mol. The van der Waals surface area contributed by atoms with Crippen molar-refractivity contribution in [2.75, 3.05) is 0 Å². The molecule has 33 heavy (non-hydrogen) atoms. The van der Waals surface area contributed by atoms with Crippen LogP contribution in [0.2, 0.25) is 0 Å². The van der Waals surface area contributed by atoms with Crippen molar-refractivity contribution in [2.45, 2.75) is 0 Å². The number of rotatable bonds is 2. The average molecular weight is 546 g/mol. The Balaban J connectivity index is 0.00000259. The molecule has 0 aliphatic rings. The number of para-hydroxylation sites is 2. The minimum Gasteiger partial charge on any atom is -1.00 e. The van der Waals surface area contributed by atoms with E-state index < -0.39 is 0 Å². The monoisotopic (exact) mass is 545 g/mol. The smallest absolute Gasteiger partial charge is 0.270 e. The molecule has 0 spiro atoms. The van der Waals surface area contributed by atoms with Gasteiger partial charge in [-0.25, -0.2) is 9.38 Å². The highest BCUT2D eigenvalue weighted by Crippen LogP contribution is 2.21. The number of aryl methyl sites for hydroxylation is 3. The number of halogens is 2. The van der Waals surface area contributed by atoms with Crippen molar-refractivity contribution in [3.8, 4) is 0 Å². The SMILES string of the molecule is Cn1c(=O)/c(=C/N=c2n(C)c3ccccc3n2C)s/c1=C\c1sc2ccc(F)cc2[n+]1C.[Br-]. The number of fused-ring (bicyclic) bond motifs is 2. The Hall–Kier alpha value is -2.82. The van der Waals surface area contributed by atoms with Crippen molar-refractivity contribution in [1.29, 1.82) is 0 Å². The Morgan fingerprint density at radius 1 is 1.00 bits per heavy atom. The highest BCUT2D eigenvalue weighted by atomic mass is 79.9. The third kappa shape index (κ3) is 3.92. The molecular weight excluding hydrogens is 525 g/mol. The number of imidazole rings is 1. The molecule has 0 unspecified atom stereocenters. The highest BCUT2D eigenvalue weighted by molar-refractivity contribution is 7.19. The van der Waals surface area contributed by atoms with Crippen LogP contribution >= 0.6 is 22.7 Å². The van der Waals surface area contributed by atoms with Gasteiger partial charge < -0.3 is 30.7 Å². The number of hydrogen-bond acceptors (Lipinski definition) is 4. The average Bonchev–Trinajstić information content (AvgIpc) is 3.33. The van der Waals surface area contributed by atoms with Gasteiger partial charge in [0.05, 0.1) is 23.3 Å². The van der Waals surface area contributed by atoms with Gasteiger partial charge in [0.15, 0.2) is 0 Å². The third-order valence-electron chi connectivity index (χ3n) is 5.64. The number of aromatic nitrogens is 4. The maximum atomic E-state index is 13.6. The van der Waals surface area contributed by atoms with Crippen LogP contribution in [0, 0.1) is 5.82 Å². The van der Waals surface area contributed by atoms with Crippen LogP contribution in [-0.2, 0) is 28.2 Å². The molecule has 0 aliphatic carbocycles. The van der Waals surface area contributed by atoms with Crippen molar-refractivity contribution in [3.05, 3.63) is 78.5 Å². The van der Waals surface area contributed by atoms with Gasteiger partial charge in [0, 0.05) is 27.2 Å². The maximum Gasteiger partial charge on any atom is 0.270 e. The zero-order valence-corrected chi connectivity index (χ0v) is 21.6. The molecule has 10 heteroatoms. The van der Waals surface area contributed by atoms with Crippen molar-refractivity contribution < 1.29 is 25.9 Å². The molecule has 0 N–H and O–H groups in total. The largest absolute Gasteiger partial charge is 1.00 e. The van der Waals surface area contributed by atoms with Crippen molar-refractivity contribution >= 4 is 56.2 Å². The first-order valence-electron chi connectivity index (χ1n) is 9.95. The summed E-state index contributed by atoms with van der Waals surface area (Å²) in [6.45, 7) is 0. The number of hydrogen-bond donors (Lipinski definition) is 0. The molecule has 0 amide bonds. The van der Waals surface area contributed by atoms with Gasteiger partial charge in [0.2, 0.25) is 11.1 Å². The number of thiazole rings is 2. The van der Waals surface area contributed by atoms with Crippen LogP contribution < -0.4 is 41.9 Å². The summed E-state index contributed by atoms with van der Waals surface area (Å²) in [6.07, 6.45) is 3.60. The molecule has 0 saturated carbocycles. The molecule has 6 nitrogen and oxygen atoms in total. The van der Waals surface area contributed by atoms with Crippen LogP contribution in [0.1, 0.15) is 5.01 Å². The van der Waals surface area contributed by atoms with E-state index >= 15 is 0 Å². The van der Waals surface area contributed by atoms with Gasteiger partial charge in [0.25, 0.3) is 10.6 Å². The molecule has 0 bridgehead atoms. The van der Waals surface area contributed by atoms with Gasteiger partial charge in [-0.3, -0.25) is 4.79 Å². The lowest BCUT2D eigenvalue weighted by Crippen LogP contribution is -3.00. The summed E-state index contributed by atoms with van der Waals surface area (Å²) in [5.41, 5.74) is 3.63. The van der Waals surface area contributed by atoms with E-state index in [1.807, 2.05) is 65.2 Å². The molecule has 2 aromatic carbocycles. The number of nitrogens with zero attached hydrogens (tertiary/aromatic N) is 5. The molecule has 5 aromatic rings. The van der Waals surface area contributed by atoms with Gasteiger partial charge in [0.1, 0.15) is 26.8 Å².